The van der Waals surface area contributed by atoms with Gasteiger partial charge in [-0.2, -0.15) is 0 Å². The lowest BCUT2D eigenvalue weighted by molar-refractivity contribution is 0.0695. The topological polar surface area (TPSA) is 62.5 Å². The van der Waals surface area contributed by atoms with Crippen molar-refractivity contribution in [3.05, 3.63) is 52.5 Å². The first kappa shape index (κ1) is 13.7. The Labute approximate surface area is 123 Å². The molecule has 2 aromatic rings. The van der Waals surface area contributed by atoms with Crippen LogP contribution in [0.5, 0.6) is 0 Å². The zero-order valence-corrected chi connectivity index (χ0v) is 12.1. The van der Waals surface area contributed by atoms with Crippen LogP contribution in [0.15, 0.2) is 28.7 Å². The molecule has 0 amide bonds. The number of aryl methyl sites for hydroxylation is 2. The van der Waals surface area contributed by atoms with Crippen LogP contribution in [-0.4, -0.2) is 11.1 Å². The van der Waals surface area contributed by atoms with Gasteiger partial charge in [0.15, 0.2) is 0 Å². The van der Waals surface area contributed by atoms with Crippen LogP contribution in [0.3, 0.4) is 0 Å². The number of carboxylic acid groups (broad SMARTS) is 1. The highest BCUT2D eigenvalue weighted by Crippen LogP contribution is 2.28. The van der Waals surface area contributed by atoms with Crippen molar-refractivity contribution in [2.75, 3.05) is 5.32 Å². The first-order valence-electron chi connectivity index (χ1n) is 7.32. The maximum atomic E-state index is 11.0. The number of anilines is 1. The van der Waals surface area contributed by atoms with E-state index < -0.39 is 5.97 Å². The van der Waals surface area contributed by atoms with E-state index in [0.717, 1.165) is 18.5 Å². The summed E-state index contributed by atoms with van der Waals surface area (Å²) in [6.45, 7) is 2.18. The number of rotatable bonds is 4. The molecule has 0 bridgehead atoms. The van der Waals surface area contributed by atoms with Crippen LogP contribution < -0.4 is 5.32 Å². The SMILES string of the molecule is Cc1oc(CNc2cccc3c2CCCC3)cc1C(=O)O. The van der Waals surface area contributed by atoms with Crippen molar-refractivity contribution < 1.29 is 14.3 Å². The molecular weight excluding hydrogens is 266 g/mol. The Balaban J connectivity index is 1.76. The summed E-state index contributed by atoms with van der Waals surface area (Å²) in [6.07, 6.45) is 4.74. The number of hydrogen-bond donors (Lipinski definition) is 2. The van der Waals surface area contributed by atoms with Crippen molar-refractivity contribution in [3.8, 4) is 0 Å². The standard InChI is InChI=1S/C17H19NO3/c1-11-15(17(19)20)9-13(21-11)10-18-16-8-4-6-12-5-2-3-7-14(12)16/h4,6,8-9,18H,2-3,5,7,10H2,1H3,(H,19,20). The third-order valence-electron chi connectivity index (χ3n) is 4.05. The van der Waals surface area contributed by atoms with Gasteiger partial charge in [0.25, 0.3) is 0 Å². The number of fused-ring (bicyclic) bond motifs is 1. The molecule has 0 saturated carbocycles. The normalized spacial score (nSPS) is 13.8. The van der Waals surface area contributed by atoms with Crippen LogP contribution in [-0.2, 0) is 19.4 Å². The lowest BCUT2D eigenvalue weighted by Gasteiger charge is -2.19. The third-order valence-corrected chi connectivity index (χ3v) is 4.05. The van der Waals surface area contributed by atoms with E-state index in [2.05, 4.69) is 23.5 Å². The first-order valence-corrected chi connectivity index (χ1v) is 7.32. The second-order valence-corrected chi connectivity index (χ2v) is 5.49. The summed E-state index contributed by atoms with van der Waals surface area (Å²) >= 11 is 0. The molecular formula is C17H19NO3. The summed E-state index contributed by atoms with van der Waals surface area (Å²) in [4.78, 5) is 11.0. The van der Waals surface area contributed by atoms with Gasteiger partial charge in [0, 0.05) is 5.69 Å². The third kappa shape index (κ3) is 2.79. The van der Waals surface area contributed by atoms with E-state index in [0.29, 0.717) is 18.1 Å². The van der Waals surface area contributed by atoms with Crippen molar-refractivity contribution >= 4 is 11.7 Å². The summed E-state index contributed by atoms with van der Waals surface area (Å²) in [6, 6.07) is 7.94. The van der Waals surface area contributed by atoms with Gasteiger partial charge < -0.3 is 14.8 Å². The van der Waals surface area contributed by atoms with Gasteiger partial charge in [0.05, 0.1) is 6.54 Å². The van der Waals surface area contributed by atoms with Crippen LogP contribution >= 0.6 is 0 Å². The smallest absolute Gasteiger partial charge is 0.339 e. The summed E-state index contributed by atoms with van der Waals surface area (Å²) in [5.41, 5.74) is 4.19. The molecule has 21 heavy (non-hydrogen) atoms. The Morgan fingerprint density at radius 1 is 1.33 bits per heavy atom. The Hall–Kier alpha value is -2.23. The monoisotopic (exact) mass is 285 g/mol. The van der Waals surface area contributed by atoms with E-state index in [1.54, 1.807) is 13.0 Å². The second-order valence-electron chi connectivity index (χ2n) is 5.49. The fraction of sp³-hybridized carbons (Fsp3) is 0.353. The molecule has 0 unspecified atom stereocenters. The predicted molar refractivity (Wildman–Crippen MR) is 80.8 cm³/mol. The summed E-state index contributed by atoms with van der Waals surface area (Å²) in [5, 5.41) is 12.4. The van der Waals surface area contributed by atoms with Crippen LogP contribution in [0.25, 0.3) is 0 Å². The molecule has 0 atom stereocenters. The van der Waals surface area contributed by atoms with Crippen molar-refractivity contribution in [2.24, 2.45) is 0 Å². The number of hydrogen-bond acceptors (Lipinski definition) is 3. The average molecular weight is 285 g/mol. The fourth-order valence-corrected chi connectivity index (χ4v) is 2.97. The molecule has 1 aliphatic rings. The minimum Gasteiger partial charge on any atom is -0.478 e. The molecule has 0 spiro atoms. The quantitative estimate of drug-likeness (QED) is 0.897. The molecule has 0 saturated heterocycles. The zero-order chi connectivity index (χ0) is 14.8. The van der Waals surface area contributed by atoms with Gasteiger partial charge in [0.2, 0.25) is 0 Å². The Morgan fingerprint density at radius 2 is 2.14 bits per heavy atom. The van der Waals surface area contributed by atoms with Gasteiger partial charge in [-0.3, -0.25) is 0 Å². The van der Waals surface area contributed by atoms with Gasteiger partial charge in [-0.1, -0.05) is 12.1 Å². The molecule has 2 N–H and O–H groups in total. The van der Waals surface area contributed by atoms with Crippen molar-refractivity contribution in [1.82, 2.24) is 0 Å². The van der Waals surface area contributed by atoms with E-state index in [1.165, 1.54) is 24.0 Å². The van der Waals surface area contributed by atoms with E-state index in [9.17, 15) is 4.79 Å². The van der Waals surface area contributed by atoms with Gasteiger partial charge in [-0.15, -0.1) is 0 Å². The Bertz CT molecular complexity index is 673. The molecule has 4 nitrogen and oxygen atoms in total. The van der Waals surface area contributed by atoms with Crippen LogP contribution in [0.2, 0.25) is 0 Å². The molecule has 1 aliphatic carbocycles. The van der Waals surface area contributed by atoms with Gasteiger partial charge in [0.1, 0.15) is 17.1 Å². The van der Waals surface area contributed by atoms with E-state index in [-0.39, 0.29) is 5.56 Å². The molecule has 1 heterocycles. The number of carboxylic acids is 1. The van der Waals surface area contributed by atoms with E-state index >= 15 is 0 Å². The van der Waals surface area contributed by atoms with Gasteiger partial charge in [-0.05, 0) is 55.9 Å². The highest BCUT2D eigenvalue weighted by molar-refractivity contribution is 5.88. The number of nitrogens with one attached hydrogen (secondary N) is 1. The Kier molecular flexibility index (Phi) is 3.69. The lowest BCUT2D eigenvalue weighted by Crippen LogP contribution is -2.08. The Morgan fingerprint density at radius 3 is 2.90 bits per heavy atom. The van der Waals surface area contributed by atoms with Crippen molar-refractivity contribution in [3.63, 3.8) is 0 Å². The molecule has 1 aromatic carbocycles. The number of furan rings is 1. The summed E-state index contributed by atoms with van der Waals surface area (Å²) in [5.74, 6) is 0.160. The molecule has 110 valence electrons. The lowest BCUT2D eigenvalue weighted by atomic mass is 9.90. The minimum absolute atomic E-state index is 0.238. The highest BCUT2D eigenvalue weighted by atomic mass is 16.4. The van der Waals surface area contributed by atoms with E-state index in [4.69, 9.17) is 9.52 Å². The molecule has 4 heteroatoms. The average Bonchev–Trinajstić information content (AvgIpc) is 2.86. The number of carbonyl (C=O) groups is 1. The minimum atomic E-state index is -0.945. The zero-order valence-electron chi connectivity index (χ0n) is 12.1. The summed E-state index contributed by atoms with van der Waals surface area (Å²) < 4.78 is 5.50. The number of benzene rings is 1. The first-order chi connectivity index (χ1) is 10.1. The van der Waals surface area contributed by atoms with E-state index in [1.807, 2.05) is 0 Å². The van der Waals surface area contributed by atoms with Crippen molar-refractivity contribution in [2.45, 2.75) is 39.2 Å². The largest absolute Gasteiger partial charge is 0.478 e. The molecule has 0 aliphatic heterocycles. The molecule has 3 rings (SSSR count). The maximum absolute atomic E-state index is 11.0. The molecule has 0 radical (unpaired) electrons. The predicted octanol–water partition coefficient (Wildman–Crippen LogP) is 3.78. The summed E-state index contributed by atoms with van der Waals surface area (Å²) in [7, 11) is 0. The highest BCUT2D eigenvalue weighted by Gasteiger charge is 2.15. The number of aromatic carboxylic acids is 1. The van der Waals surface area contributed by atoms with Crippen molar-refractivity contribution in [1.29, 1.82) is 0 Å². The maximum Gasteiger partial charge on any atom is 0.339 e. The van der Waals surface area contributed by atoms with Crippen LogP contribution in [0.4, 0.5) is 5.69 Å². The molecule has 1 aromatic heterocycles. The van der Waals surface area contributed by atoms with Crippen LogP contribution in [0.1, 0.15) is 45.8 Å². The van der Waals surface area contributed by atoms with Crippen LogP contribution in [0, 0.1) is 6.92 Å². The molecule has 0 fully saturated rings. The van der Waals surface area contributed by atoms with Gasteiger partial charge >= 0.3 is 5.97 Å². The van der Waals surface area contributed by atoms with Gasteiger partial charge in [-0.25, -0.2) is 4.79 Å². The fourth-order valence-electron chi connectivity index (χ4n) is 2.97. The second kappa shape index (κ2) is 5.64.